The minimum absolute atomic E-state index is 0.00352. The van der Waals surface area contributed by atoms with Crippen LogP contribution in [0, 0.1) is 23.2 Å². The van der Waals surface area contributed by atoms with Crippen molar-refractivity contribution in [2.45, 2.75) is 26.7 Å². The van der Waals surface area contributed by atoms with Crippen LogP contribution in [-0.4, -0.2) is 19.5 Å². The van der Waals surface area contributed by atoms with Crippen molar-refractivity contribution >= 4 is 11.6 Å². The van der Waals surface area contributed by atoms with Gasteiger partial charge in [-0.15, -0.1) is 0 Å². The fourth-order valence-corrected chi connectivity index (χ4v) is 2.31. The molecule has 0 bridgehead atoms. The molecule has 0 heterocycles. The Bertz CT molecular complexity index is 491. The number of nitriles is 1. The van der Waals surface area contributed by atoms with Gasteiger partial charge in [0.2, 0.25) is 5.91 Å². The highest BCUT2D eigenvalue weighted by molar-refractivity contribution is 5.94. The number of rotatable bonds is 6. The van der Waals surface area contributed by atoms with Gasteiger partial charge in [-0.05, 0) is 36.9 Å². The molecule has 1 unspecified atom stereocenters. The number of nitrogens with two attached hydrogens (primary N) is 1. The number of anilines is 1. The van der Waals surface area contributed by atoms with Crippen LogP contribution in [0.4, 0.5) is 5.69 Å². The van der Waals surface area contributed by atoms with E-state index in [1.54, 1.807) is 30.1 Å². The summed E-state index contributed by atoms with van der Waals surface area (Å²) < 4.78 is 0. The van der Waals surface area contributed by atoms with E-state index in [9.17, 15) is 4.79 Å². The Labute approximate surface area is 121 Å². The molecule has 0 fully saturated rings. The number of amides is 1. The highest BCUT2D eigenvalue weighted by Gasteiger charge is 2.19. The highest BCUT2D eigenvalue weighted by atomic mass is 16.2. The van der Waals surface area contributed by atoms with Crippen molar-refractivity contribution in [2.75, 3.05) is 18.5 Å². The normalized spacial score (nSPS) is 12.0. The summed E-state index contributed by atoms with van der Waals surface area (Å²) in [5.74, 6) is 0.719. The van der Waals surface area contributed by atoms with E-state index in [0.29, 0.717) is 30.1 Å². The Morgan fingerprint density at radius 1 is 1.40 bits per heavy atom. The first-order valence-electron chi connectivity index (χ1n) is 6.95. The fourth-order valence-electron chi connectivity index (χ4n) is 2.31. The van der Waals surface area contributed by atoms with E-state index in [-0.39, 0.29) is 11.8 Å². The van der Waals surface area contributed by atoms with Crippen LogP contribution in [0.15, 0.2) is 24.3 Å². The highest BCUT2D eigenvalue weighted by Crippen LogP contribution is 2.21. The molecule has 0 aliphatic heterocycles. The van der Waals surface area contributed by atoms with Gasteiger partial charge in [0.05, 0.1) is 11.3 Å². The summed E-state index contributed by atoms with van der Waals surface area (Å²) in [5, 5.41) is 9.09. The largest absolute Gasteiger partial charge is 0.330 e. The summed E-state index contributed by atoms with van der Waals surface area (Å²) >= 11 is 0. The molecule has 0 radical (unpaired) electrons. The van der Waals surface area contributed by atoms with E-state index >= 15 is 0 Å². The van der Waals surface area contributed by atoms with Gasteiger partial charge in [-0.25, -0.2) is 0 Å². The molecular weight excluding hydrogens is 250 g/mol. The first kappa shape index (κ1) is 16.2. The molecule has 1 aromatic carbocycles. The van der Waals surface area contributed by atoms with E-state index in [1.165, 1.54) is 0 Å². The molecular formula is C16H23N3O. The van der Waals surface area contributed by atoms with Crippen LogP contribution in [-0.2, 0) is 4.79 Å². The molecule has 1 amide bonds. The molecule has 2 N–H and O–H groups in total. The standard InChI is InChI=1S/C16H23N3O/c1-12(2)8-13(10-17)9-16(20)19(3)15-7-5-4-6-14(15)11-18/h4-7,12-13H,8-10,17H2,1-3H3. The van der Waals surface area contributed by atoms with E-state index in [0.717, 1.165) is 6.42 Å². The van der Waals surface area contributed by atoms with Crippen molar-refractivity contribution in [3.8, 4) is 6.07 Å². The second kappa shape index (κ2) is 7.66. The minimum Gasteiger partial charge on any atom is -0.330 e. The maximum Gasteiger partial charge on any atom is 0.227 e. The third kappa shape index (κ3) is 4.36. The molecule has 20 heavy (non-hydrogen) atoms. The molecule has 0 aliphatic rings. The van der Waals surface area contributed by atoms with Crippen molar-refractivity contribution in [1.82, 2.24) is 0 Å². The summed E-state index contributed by atoms with van der Waals surface area (Å²) in [6, 6.07) is 9.24. The molecule has 4 heteroatoms. The number of para-hydroxylation sites is 1. The smallest absolute Gasteiger partial charge is 0.227 e. The van der Waals surface area contributed by atoms with E-state index in [4.69, 9.17) is 11.0 Å². The van der Waals surface area contributed by atoms with Crippen LogP contribution in [0.25, 0.3) is 0 Å². The van der Waals surface area contributed by atoms with Gasteiger partial charge in [0.1, 0.15) is 6.07 Å². The summed E-state index contributed by atoms with van der Waals surface area (Å²) in [6.07, 6.45) is 1.36. The van der Waals surface area contributed by atoms with Gasteiger partial charge in [-0.1, -0.05) is 26.0 Å². The zero-order chi connectivity index (χ0) is 15.1. The fraction of sp³-hybridized carbons (Fsp3) is 0.500. The van der Waals surface area contributed by atoms with Gasteiger partial charge in [0, 0.05) is 13.5 Å². The van der Waals surface area contributed by atoms with Gasteiger partial charge in [0.25, 0.3) is 0 Å². The second-order valence-corrected chi connectivity index (χ2v) is 5.52. The van der Waals surface area contributed by atoms with Crippen molar-refractivity contribution < 1.29 is 4.79 Å². The lowest BCUT2D eigenvalue weighted by atomic mass is 9.93. The van der Waals surface area contributed by atoms with Crippen LogP contribution in [0.1, 0.15) is 32.3 Å². The SMILES string of the molecule is CC(C)CC(CN)CC(=O)N(C)c1ccccc1C#N. The molecule has 0 saturated carbocycles. The van der Waals surface area contributed by atoms with Crippen molar-refractivity contribution in [2.24, 2.45) is 17.6 Å². The Hall–Kier alpha value is -1.86. The monoisotopic (exact) mass is 273 g/mol. The molecule has 0 aliphatic carbocycles. The molecule has 1 aromatic rings. The van der Waals surface area contributed by atoms with Crippen LogP contribution >= 0.6 is 0 Å². The molecule has 108 valence electrons. The zero-order valence-corrected chi connectivity index (χ0v) is 12.5. The number of hydrogen-bond donors (Lipinski definition) is 1. The quantitative estimate of drug-likeness (QED) is 0.865. The Balaban J connectivity index is 2.79. The predicted molar refractivity (Wildman–Crippen MR) is 81.2 cm³/mol. The lowest BCUT2D eigenvalue weighted by Crippen LogP contribution is -2.31. The molecule has 1 atom stereocenters. The van der Waals surface area contributed by atoms with Crippen LogP contribution in [0.2, 0.25) is 0 Å². The van der Waals surface area contributed by atoms with Crippen LogP contribution in [0.3, 0.4) is 0 Å². The number of hydrogen-bond acceptors (Lipinski definition) is 3. The second-order valence-electron chi connectivity index (χ2n) is 5.52. The lowest BCUT2D eigenvalue weighted by Gasteiger charge is -2.22. The van der Waals surface area contributed by atoms with Crippen LogP contribution in [0.5, 0.6) is 0 Å². The maximum atomic E-state index is 12.3. The first-order valence-corrected chi connectivity index (χ1v) is 6.95. The minimum atomic E-state index is 0.00352. The number of nitrogens with zero attached hydrogens (tertiary/aromatic N) is 2. The summed E-state index contributed by atoms with van der Waals surface area (Å²) in [5.41, 5.74) is 6.90. The number of benzene rings is 1. The number of carbonyl (C=O) groups excluding carboxylic acids is 1. The number of carbonyl (C=O) groups is 1. The zero-order valence-electron chi connectivity index (χ0n) is 12.5. The first-order chi connectivity index (χ1) is 9.49. The van der Waals surface area contributed by atoms with Crippen molar-refractivity contribution in [3.05, 3.63) is 29.8 Å². The van der Waals surface area contributed by atoms with Gasteiger partial charge in [-0.2, -0.15) is 5.26 Å². The van der Waals surface area contributed by atoms with E-state index in [2.05, 4.69) is 19.9 Å². The third-order valence-electron chi connectivity index (χ3n) is 3.36. The van der Waals surface area contributed by atoms with E-state index in [1.807, 2.05) is 6.07 Å². The van der Waals surface area contributed by atoms with Gasteiger partial charge < -0.3 is 10.6 Å². The average Bonchev–Trinajstić information content (AvgIpc) is 2.45. The van der Waals surface area contributed by atoms with Gasteiger partial charge in [-0.3, -0.25) is 4.79 Å². The molecule has 0 spiro atoms. The summed E-state index contributed by atoms with van der Waals surface area (Å²) in [6.45, 7) is 4.77. The lowest BCUT2D eigenvalue weighted by molar-refractivity contribution is -0.119. The molecule has 0 saturated heterocycles. The summed E-state index contributed by atoms with van der Waals surface area (Å²) in [4.78, 5) is 13.9. The Kier molecular flexibility index (Phi) is 6.20. The van der Waals surface area contributed by atoms with Crippen molar-refractivity contribution in [3.63, 3.8) is 0 Å². The molecule has 1 rings (SSSR count). The third-order valence-corrected chi connectivity index (χ3v) is 3.36. The Morgan fingerprint density at radius 3 is 2.60 bits per heavy atom. The van der Waals surface area contributed by atoms with Gasteiger partial charge in [0.15, 0.2) is 0 Å². The maximum absolute atomic E-state index is 12.3. The summed E-state index contributed by atoms with van der Waals surface area (Å²) in [7, 11) is 1.71. The van der Waals surface area contributed by atoms with Crippen LogP contribution < -0.4 is 10.6 Å². The Morgan fingerprint density at radius 2 is 2.05 bits per heavy atom. The average molecular weight is 273 g/mol. The topological polar surface area (TPSA) is 70.1 Å². The van der Waals surface area contributed by atoms with Crippen molar-refractivity contribution in [1.29, 1.82) is 5.26 Å². The predicted octanol–water partition coefficient (Wildman–Crippen LogP) is 2.53. The van der Waals surface area contributed by atoms with E-state index < -0.39 is 0 Å². The molecule has 0 aromatic heterocycles. The molecule has 4 nitrogen and oxygen atoms in total. The van der Waals surface area contributed by atoms with Gasteiger partial charge >= 0.3 is 0 Å².